The second-order valence-corrected chi connectivity index (χ2v) is 9.86. The molecule has 0 spiro atoms. The van der Waals surface area contributed by atoms with Gasteiger partial charge in [-0.1, -0.05) is 34.7 Å². The van der Waals surface area contributed by atoms with Crippen LogP contribution in [0.1, 0.15) is 25.7 Å². The van der Waals surface area contributed by atoms with Crippen LogP contribution in [0.5, 0.6) is 11.5 Å². The predicted octanol–water partition coefficient (Wildman–Crippen LogP) is 4.02. The van der Waals surface area contributed by atoms with Gasteiger partial charge < -0.3 is 18.9 Å². The van der Waals surface area contributed by atoms with Crippen LogP contribution in [-0.4, -0.2) is 68.6 Å². The molecule has 0 N–H and O–H groups in total. The minimum atomic E-state index is 0.100. The fourth-order valence-corrected chi connectivity index (χ4v) is 5.30. The van der Waals surface area contributed by atoms with E-state index in [1.54, 1.807) is 14.2 Å². The Labute approximate surface area is 221 Å². The smallest absolute Gasteiger partial charge is 0.119 e. The normalized spacial score (nSPS) is 23.1. The van der Waals surface area contributed by atoms with Gasteiger partial charge in [-0.3, -0.25) is 0 Å². The molecule has 6 rings (SSSR count). The van der Waals surface area contributed by atoms with Crippen LogP contribution in [-0.2, 0) is 22.6 Å². The fourth-order valence-electron chi connectivity index (χ4n) is 5.30. The third-order valence-electron chi connectivity index (χ3n) is 7.29. The van der Waals surface area contributed by atoms with Crippen molar-refractivity contribution >= 4 is 0 Å². The summed E-state index contributed by atoms with van der Waals surface area (Å²) in [4.78, 5) is 0. The minimum absolute atomic E-state index is 0.100. The van der Waals surface area contributed by atoms with Crippen molar-refractivity contribution in [3.8, 4) is 34.0 Å². The second-order valence-electron chi connectivity index (χ2n) is 9.86. The zero-order valence-electron chi connectivity index (χ0n) is 21.6. The van der Waals surface area contributed by atoms with Crippen LogP contribution in [0.4, 0.5) is 0 Å². The lowest BCUT2D eigenvalue weighted by molar-refractivity contribution is -0.0713. The number of aromatic nitrogens is 6. The molecule has 38 heavy (non-hydrogen) atoms. The van der Waals surface area contributed by atoms with Crippen LogP contribution in [0.25, 0.3) is 22.5 Å². The third-order valence-corrected chi connectivity index (χ3v) is 7.29. The van der Waals surface area contributed by atoms with E-state index in [1.165, 1.54) is 0 Å². The lowest BCUT2D eigenvalue weighted by atomic mass is 10.1. The van der Waals surface area contributed by atoms with Gasteiger partial charge in [0.25, 0.3) is 0 Å². The highest BCUT2D eigenvalue weighted by Crippen LogP contribution is 2.33. The van der Waals surface area contributed by atoms with Crippen molar-refractivity contribution in [1.29, 1.82) is 0 Å². The van der Waals surface area contributed by atoms with E-state index in [2.05, 4.69) is 20.6 Å². The monoisotopic (exact) mass is 516 g/mol. The number of ether oxygens (including phenoxy) is 4. The molecule has 4 atom stereocenters. The molecule has 2 aromatic carbocycles. The summed E-state index contributed by atoms with van der Waals surface area (Å²) in [5.41, 5.74) is 3.61. The first-order chi connectivity index (χ1) is 18.7. The summed E-state index contributed by atoms with van der Waals surface area (Å²) < 4.78 is 27.2. The SMILES string of the molecule is COc1cccc(-c2cn(C[C@H]3CC[C@@H]([C@@H]4CC[C@H](Cn5cc(-c6cccc(OC)c6)nn5)O4)O3)nn2)c1. The Morgan fingerprint density at radius 1 is 0.711 bits per heavy atom. The zero-order chi connectivity index (χ0) is 25.9. The van der Waals surface area contributed by atoms with Crippen LogP contribution in [0.15, 0.2) is 60.9 Å². The molecule has 2 fully saturated rings. The summed E-state index contributed by atoms with van der Waals surface area (Å²) >= 11 is 0. The van der Waals surface area contributed by atoms with Gasteiger partial charge in [0.1, 0.15) is 22.9 Å². The molecular weight excluding hydrogens is 484 g/mol. The van der Waals surface area contributed by atoms with Crippen molar-refractivity contribution in [3.05, 3.63) is 60.9 Å². The number of methoxy groups -OCH3 is 2. The topological polar surface area (TPSA) is 98.3 Å². The molecule has 2 aromatic heterocycles. The molecule has 10 nitrogen and oxygen atoms in total. The summed E-state index contributed by atoms with van der Waals surface area (Å²) in [5.74, 6) is 1.60. The molecule has 0 aliphatic carbocycles. The Hall–Kier alpha value is -3.76. The Morgan fingerprint density at radius 2 is 1.18 bits per heavy atom. The lowest BCUT2D eigenvalue weighted by Crippen LogP contribution is -2.29. The Balaban J connectivity index is 1.00. The van der Waals surface area contributed by atoms with Crippen LogP contribution >= 0.6 is 0 Å². The number of benzene rings is 2. The van der Waals surface area contributed by atoms with Gasteiger partial charge in [-0.05, 0) is 49.9 Å². The molecular formula is C28H32N6O4. The van der Waals surface area contributed by atoms with E-state index in [9.17, 15) is 0 Å². The summed E-state index contributed by atoms with van der Waals surface area (Å²) in [5, 5.41) is 17.3. The quantitative estimate of drug-likeness (QED) is 0.329. The van der Waals surface area contributed by atoms with Crippen molar-refractivity contribution in [3.63, 3.8) is 0 Å². The minimum Gasteiger partial charge on any atom is -0.497 e. The molecule has 0 radical (unpaired) electrons. The Bertz CT molecular complexity index is 1270. The van der Waals surface area contributed by atoms with Gasteiger partial charge in [0.15, 0.2) is 0 Å². The van der Waals surface area contributed by atoms with Crippen molar-refractivity contribution < 1.29 is 18.9 Å². The Kier molecular flexibility index (Phi) is 7.06. The van der Waals surface area contributed by atoms with Crippen LogP contribution < -0.4 is 9.47 Å². The van der Waals surface area contributed by atoms with Crippen LogP contribution in [0, 0.1) is 0 Å². The number of hydrogen-bond donors (Lipinski definition) is 0. The van der Waals surface area contributed by atoms with Crippen LogP contribution in [0.2, 0.25) is 0 Å². The molecule has 198 valence electrons. The number of nitrogens with zero attached hydrogens (tertiary/aromatic N) is 6. The Morgan fingerprint density at radius 3 is 1.63 bits per heavy atom. The molecule has 10 heteroatoms. The highest BCUT2D eigenvalue weighted by molar-refractivity contribution is 5.60. The molecule has 2 aliphatic heterocycles. The molecule has 0 bridgehead atoms. The highest BCUT2D eigenvalue weighted by atomic mass is 16.6. The van der Waals surface area contributed by atoms with E-state index < -0.39 is 0 Å². The molecule has 2 saturated heterocycles. The molecule has 2 aliphatic rings. The average molecular weight is 517 g/mol. The highest BCUT2D eigenvalue weighted by Gasteiger charge is 2.37. The van der Waals surface area contributed by atoms with Gasteiger partial charge in [0.2, 0.25) is 0 Å². The van der Waals surface area contributed by atoms with Gasteiger partial charge in [-0.2, -0.15) is 0 Å². The number of rotatable bonds is 9. The van der Waals surface area contributed by atoms with E-state index in [0.717, 1.165) is 59.7 Å². The van der Waals surface area contributed by atoms with E-state index in [0.29, 0.717) is 13.1 Å². The van der Waals surface area contributed by atoms with Gasteiger partial charge in [-0.15, -0.1) is 10.2 Å². The maximum Gasteiger partial charge on any atom is 0.119 e. The maximum absolute atomic E-state index is 6.40. The van der Waals surface area contributed by atoms with E-state index in [1.807, 2.05) is 70.3 Å². The van der Waals surface area contributed by atoms with Gasteiger partial charge in [0.05, 0.1) is 64.1 Å². The zero-order valence-corrected chi connectivity index (χ0v) is 21.6. The molecule has 4 heterocycles. The van der Waals surface area contributed by atoms with Gasteiger partial charge in [-0.25, -0.2) is 9.36 Å². The third kappa shape index (κ3) is 5.41. The second kappa shape index (κ2) is 10.9. The summed E-state index contributed by atoms with van der Waals surface area (Å²) in [6.07, 6.45) is 8.28. The van der Waals surface area contributed by atoms with E-state index in [4.69, 9.17) is 18.9 Å². The van der Waals surface area contributed by atoms with Crippen LogP contribution in [0.3, 0.4) is 0 Å². The standard InChI is InChI=1S/C28H32N6O4/c1-35-21-7-3-5-19(13-21)25-17-33(31-29-25)15-23-9-11-27(37-23)28-12-10-24(38-28)16-34-18-26(30-32-34)20-6-4-8-22(14-20)36-2/h3-8,13-14,17-18,23-24,27-28H,9-12,15-16H2,1-2H3/t23-,24-,27+,28+/m1/s1. The fraction of sp³-hybridized carbons (Fsp3) is 0.429. The van der Waals surface area contributed by atoms with Crippen molar-refractivity contribution in [2.75, 3.05) is 14.2 Å². The first kappa shape index (κ1) is 24.6. The average Bonchev–Trinajstić information content (AvgIpc) is 3.77. The van der Waals surface area contributed by atoms with Crippen molar-refractivity contribution in [2.24, 2.45) is 0 Å². The largest absolute Gasteiger partial charge is 0.497 e. The van der Waals surface area contributed by atoms with Gasteiger partial charge >= 0.3 is 0 Å². The van der Waals surface area contributed by atoms with Crippen molar-refractivity contribution in [2.45, 2.75) is 63.2 Å². The predicted molar refractivity (Wildman–Crippen MR) is 140 cm³/mol. The summed E-state index contributed by atoms with van der Waals surface area (Å²) in [6, 6.07) is 15.7. The molecule has 0 amide bonds. The molecule has 0 saturated carbocycles. The van der Waals surface area contributed by atoms with Crippen molar-refractivity contribution in [1.82, 2.24) is 30.0 Å². The van der Waals surface area contributed by atoms with E-state index in [-0.39, 0.29) is 24.4 Å². The first-order valence-corrected chi connectivity index (χ1v) is 13.1. The summed E-state index contributed by atoms with van der Waals surface area (Å²) in [6.45, 7) is 1.35. The maximum atomic E-state index is 6.40. The molecule has 4 aromatic rings. The first-order valence-electron chi connectivity index (χ1n) is 13.1. The van der Waals surface area contributed by atoms with E-state index >= 15 is 0 Å². The number of hydrogen-bond acceptors (Lipinski definition) is 8. The molecule has 0 unspecified atom stereocenters. The van der Waals surface area contributed by atoms with Gasteiger partial charge in [0, 0.05) is 11.1 Å². The summed E-state index contributed by atoms with van der Waals surface area (Å²) in [7, 11) is 3.32. The lowest BCUT2D eigenvalue weighted by Gasteiger charge is -2.20.